The summed E-state index contributed by atoms with van der Waals surface area (Å²) >= 11 is 0. The molecule has 0 aliphatic heterocycles. The first-order valence-corrected chi connectivity index (χ1v) is 30.7. The number of para-hydroxylation sites is 1. The predicted molar refractivity (Wildman–Crippen MR) is 378 cm³/mol. The first-order chi connectivity index (χ1) is 45.0. The Morgan fingerprint density at radius 3 is 1.55 bits per heavy atom. The molecule has 18 rings (SSSR count). The molecular formula is C85H51N5O. The standard InChI is InChI=1S/C85H51N5O/c86-52-53-33-38-63(39-34-53)89(64-40-41-66-59(47-64)36-35-56-21-7-8-26-65(56)66)78-32-14-13-27-67(78)60-37-43-81-75(48-60)84-82(91-81)44-42-79-83(84)74-49-72-70-30-11-9-28-68(70)69-29-10-12-31-71(69)73(72)50-80(74)90(79)85-87-76(61-24-15-22-57(45-61)54-17-3-1-4-18-54)51-77(88-85)62-25-16-23-58(46-62)55-19-5-2-6-20-55/h1-51H. The summed E-state index contributed by atoms with van der Waals surface area (Å²) in [5.74, 6) is 0.554. The van der Waals surface area contributed by atoms with E-state index in [4.69, 9.17) is 14.4 Å². The average Bonchev–Trinajstić information content (AvgIpc) is 1.59. The van der Waals surface area contributed by atoms with Gasteiger partial charge in [-0.2, -0.15) is 5.26 Å². The summed E-state index contributed by atoms with van der Waals surface area (Å²) in [5.41, 5.74) is 17.1. The Morgan fingerprint density at radius 2 is 0.868 bits per heavy atom. The van der Waals surface area contributed by atoms with Gasteiger partial charge in [-0.1, -0.05) is 212 Å². The van der Waals surface area contributed by atoms with Crippen LogP contribution in [0.3, 0.4) is 0 Å². The molecule has 0 aliphatic carbocycles. The van der Waals surface area contributed by atoms with Crippen LogP contribution < -0.4 is 4.90 Å². The predicted octanol–water partition coefficient (Wildman–Crippen LogP) is 22.9. The Kier molecular flexibility index (Phi) is 11.9. The lowest BCUT2D eigenvalue weighted by Crippen LogP contribution is -2.11. The fourth-order valence-electron chi connectivity index (χ4n) is 14.1. The number of nitrogens with zero attached hydrogens (tertiary/aromatic N) is 5. The highest BCUT2D eigenvalue weighted by Gasteiger charge is 2.25. The third kappa shape index (κ3) is 8.55. The molecule has 0 saturated heterocycles. The highest BCUT2D eigenvalue weighted by molar-refractivity contribution is 6.33. The Balaban J connectivity index is 0.900. The van der Waals surface area contributed by atoms with Gasteiger partial charge in [0.15, 0.2) is 0 Å². The van der Waals surface area contributed by atoms with Gasteiger partial charge in [-0.05, 0) is 179 Å². The zero-order valence-corrected chi connectivity index (χ0v) is 49.1. The summed E-state index contributed by atoms with van der Waals surface area (Å²) in [6.07, 6.45) is 0. The molecule has 0 saturated carbocycles. The molecule has 6 nitrogen and oxygen atoms in total. The maximum absolute atomic E-state index is 9.97. The van der Waals surface area contributed by atoms with Gasteiger partial charge in [0.1, 0.15) is 11.2 Å². The minimum Gasteiger partial charge on any atom is -0.456 e. The molecule has 15 aromatic carbocycles. The van der Waals surface area contributed by atoms with E-state index in [9.17, 15) is 5.26 Å². The van der Waals surface area contributed by atoms with E-state index in [0.717, 1.165) is 133 Å². The van der Waals surface area contributed by atoms with Crippen molar-refractivity contribution in [3.05, 3.63) is 315 Å². The smallest absolute Gasteiger partial charge is 0.235 e. The van der Waals surface area contributed by atoms with Gasteiger partial charge in [0.25, 0.3) is 0 Å². The molecule has 6 heteroatoms. The lowest BCUT2D eigenvalue weighted by atomic mass is 9.93. The highest BCUT2D eigenvalue weighted by atomic mass is 16.3. The van der Waals surface area contributed by atoms with Crippen LogP contribution in [-0.2, 0) is 0 Å². The van der Waals surface area contributed by atoms with E-state index < -0.39 is 0 Å². The van der Waals surface area contributed by atoms with Crippen molar-refractivity contribution in [3.63, 3.8) is 0 Å². The number of benzene rings is 15. The summed E-state index contributed by atoms with van der Waals surface area (Å²) in [7, 11) is 0. The van der Waals surface area contributed by atoms with E-state index in [0.29, 0.717) is 11.5 Å². The molecule has 3 aromatic heterocycles. The SMILES string of the molecule is N#Cc1ccc(N(c2ccc3c(ccc4ccccc43)c2)c2ccccc2-c2ccc3oc4ccc5c(c6cc7c8ccccc8c8ccccc8c7cc6n5-c5nc(-c6cccc(-c7ccccc7)c6)cc(-c6cccc(-c7ccccc7)c6)n5)c4c3c2)cc1. The van der Waals surface area contributed by atoms with E-state index in [-0.39, 0.29) is 0 Å². The molecule has 0 aliphatic rings. The number of nitriles is 1. The number of furan rings is 1. The molecule has 0 bridgehead atoms. The van der Waals surface area contributed by atoms with E-state index in [1.165, 1.54) is 37.7 Å². The second-order valence-corrected chi connectivity index (χ2v) is 23.5. The highest BCUT2D eigenvalue weighted by Crippen LogP contribution is 2.48. The largest absolute Gasteiger partial charge is 0.456 e. The van der Waals surface area contributed by atoms with Crippen molar-refractivity contribution >= 4 is 115 Å². The average molecular weight is 1160 g/mol. The number of hydrogen-bond acceptors (Lipinski definition) is 5. The Morgan fingerprint density at radius 1 is 0.319 bits per heavy atom. The number of rotatable bonds is 9. The summed E-state index contributed by atoms with van der Waals surface area (Å²) in [5, 5.41) is 25.9. The molecule has 0 N–H and O–H groups in total. The van der Waals surface area contributed by atoms with Crippen LogP contribution in [0.5, 0.6) is 0 Å². The number of fused-ring (bicyclic) bond motifs is 16. The van der Waals surface area contributed by atoms with Crippen LogP contribution in [0.1, 0.15) is 5.56 Å². The van der Waals surface area contributed by atoms with Crippen LogP contribution in [0.4, 0.5) is 17.1 Å². The van der Waals surface area contributed by atoms with Crippen LogP contribution in [-0.4, -0.2) is 14.5 Å². The molecule has 0 unspecified atom stereocenters. The molecule has 91 heavy (non-hydrogen) atoms. The molecule has 0 atom stereocenters. The number of aromatic nitrogens is 3. The van der Waals surface area contributed by atoms with E-state index in [1.807, 2.05) is 24.3 Å². The van der Waals surface area contributed by atoms with Crippen LogP contribution in [0.25, 0.3) is 159 Å². The van der Waals surface area contributed by atoms with Crippen molar-refractivity contribution in [2.75, 3.05) is 4.90 Å². The molecule has 0 fully saturated rings. The zero-order chi connectivity index (χ0) is 60.1. The first kappa shape index (κ1) is 51.8. The second kappa shape index (κ2) is 20.9. The van der Waals surface area contributed by atoms with E-state index in [1.54, 1.807) is 0 Å². The van der Waals surface area contributed by atoms with Crippen molar-refractivity contribution in [1.82, 2.24) is 14.5 Å². The van der Waals surface area contributed by atoms with Gasteiger partial charge in [0.05, 0.1) is 39.7 Å². The third-order valence-electron chi connectivity index (χ3n) is 18.4. The maximum Gasteiger partial charge on any atom is 0.235 e. The zero-order valence-electron chi connectivity index (χ0n) is 49.1. The Hall–Kier alpha value is -12.4. The minimum atomic E-state index is 0.554. The number of hydrogen-bond donors (Lipinski definition) is 0. The van der Waals surface area contributed by atoms with Crippen LogP contribution in [0.15, 0.2) is 314 Å². The molecule has 0 amide bonds. The molecule has 0 radical (unpaired) electrons. The van der Waals surface area contributed by atoms with Gasteiger partial charge in [-0.3, -0.25) is 4.57 Å². The Bertz CT molecular complexity index is 5940. The molecular weight excluding hydrogens is 1110 g/mol. The van der Waals surface area contributed by atoms with Crippen molar-refractivity contribution in [2.24, 2.45) is 0 Å². The normalized spacial score (nSPS) is 11.7. The summed E-state index contributed by atoms with van der Waals surface area (Å²) < 4.78 is 9.31. The lowest BCUT2D eigenvalue weighted by molar-refractivity contribution is 0.669. The quantitative estimate of drug-likeness (QED) is 0.135. The van der Waals surface area contributed by atoms with Crippen molar-refractivity contribution in [1.29, 1.82) is 5.26 Å². The van der Waals surface area contributed by atoms with Gasteiger partial charge >= 0.3 is 0 Å². The van der Waals surface area contributed by atoms with Gasteiger partial charge in [0, 0.05) is 49.6 Å². The third-order valence-corrected chi connectivity index (χ3v) is 18.4. The van der Waals surface area contributed by atoms with E-state index in [2.05, 4.69) is 301 Å². The topological polar surface area (TPSA) is 70.9 Å². The van der Waals surface area contributed by atoms with Crippen molar-refractivity contribution < 1.29 is 4.42 Å². The van der Waals surface area contributed by atoms with Crippen LogP contribution in [0, 0.1) is 11.3 Å². The molecule has 18 aromatic rings. The fraction of sp³-hybridized carbons (Fsp3) is 0. The number of anilines is 3. The van der Waals surface area contributed by atoms with Gasteiger partial charge in [0.2, 0.25) is 5.95 Å². The molecule has 422 valence electrons. The fourth-order valence-corrected chi connectivity index (χ4v) is 14.1. The van der Waals surface area contributed by atoms with Crippen LogP contribution in [0.2, 0.25) is 0 Å². The lowest BCUT2D eigenvalue weighted by Gasteiger charge is -2.28. The van der Waals surface area contributed by atoms with Crippen LogP contribution >= 0.6 is 0 Å². The van der Waals surface area contributed by atoms with Gasteiger partial charge in [-0.25, -0.2) is 9.97 Å². The van der Waals surface area contributed by atoms with E-state index >= 15 is 0 Å². The molecule has 3 heterocycles. The first-order valence-electron chi connectivity index (χ1n) is 30.7. The second-order valence-electron chi connectivity index (χ2n) is 23.5. The monoisotopic (exact) mass is 1160 g/mol. The Labute approximate surface area is 523 Å². The molecule has 0 spiro atoms. The van der Waals surface area contributed by atoms with Gasteiger partial charge in [-0.15, -0.1) is 0 Å². The minimum absolute atomic E-state index is 0.554. The summed E-state index contributed by atoms with van der Waals surface area (Å²) in [6, 6.07) is 112. The van der Waals surface area contributed by atoms with Crippen molar-refractivity contribution in [3.8, 4) is 67.9 Å². The van der Waals surface area contributed by atoms with Crippen molar-refractivity contribution in [2.45, 2.75) is 0 Å². The van der Waals surface area contributed by atoms with Gasteiger partial charge < -0.3 is 9.32 Å². The summed E-state index contributed by atoms with van der Waals surface area (Å²) in [4.78, 5) is 13.7. The summed E-state index contributed by atoms with van der Waals surface area (Å²) in [6.45, 7) is 0. The maximum atomic E-state index is 9.97.